The van der Waals surface area contributed by atoms with Crippen molar-refractivity contribution in [2.24, 2.45) is 0 Å². The average molecular weight is 418 g/mol. The van der Waals surface area contributed by atoms with Gasteiger partial charge in [-0.1, -0.05) is 0 Å². The Morgan fingerprint density at radius 3 is 2.22 bits per heavy atom. The maximum absolute atomic E-state index is 6.32. The van der Waals surface area contributed by atoms with E-state index in [-0.39, 0.29) is 5.41 Å². The van der Waals surface area contributed by atoms with Crippen molar-refractivity contribution in [3.05, 3.63) is 60.3 Å². The average Bonchev–Trinajstić information content (AvgIpc) is 2.97. The number of benzene rings is 2. The zero-order valence-corrected chi connectivity index (χ0v) is 19.1. The molecule has 0 N–H and O–H groups in total. The van der Waals surface area contributed by atoms with Crippen molar-refractivity contribution in [3.8, 4) is 11.3 Å². The summed E-state index contributed by atoms with van der Waals surface area (Å²) in [7, 11) is 0. The van der Waals surface area contributed by atoms with Crippen LogP contribution in [0.2, 0.25) is 17.3 Å². The van der Waals surface area contributed by atoms with E-state index in [1.54, 1.807) is 0 Å². The van der Waals surface area contributed by atoms with Gasteiger partial charge in [0.2, 0.25) is 0 Å². The molecule has 4 aromatic rings. The molecule has 27 heavy (non-hydrogen) atoms. The third-order valence-corrected chi connectivity index (χ3v) is 9.57. The van der Waals surface area contributed by atoms with Gasteiger partial charge in [0.15, 0.2) is 0 Å². The molecule has 0 saturated heterocycles. The molecular weight excluding hydrogens is 391 g/mol. The molecule has 0 aliphatic heterocycles. The van der Waals surface area contributed by atoms with Gasteiger partial charge >= 0.3 is 164 Å². The number of hydrogen-bond donors (Lipinski definition) is 0. The molecule has 2 heterocycles. The number of nitrogens with zero attached hydrogens (tertiary/aromatic N) is 1. The van der Waals surface area contributed by atoms with E-state index >= 15 is 0 Å². The minimum atomic E-state index is -1.79. The first-order valence-corrected chi connectivity index (χ1v) is 16.9. The van der Waals surface area contributed by atoms with Crippen LogP contribution in [0.4, 0.5) is 0 Å². The minimum absolute atomic E-state index is 0.0394. The summed E-state index contributed by atoms with van der Waals surface area (Å²) >= 11 is -1.79. The van der Waals surface area contributed by atoms with Crippen LogP contribution in [0.1, 0.15) is 26.3 Å². The summed E-state index contributed by atoms with van der Waals surface area (Å²) in [5, 5.41) is 2.23. The predicted molar refractivity (Wildman–Crippen MR) is 119 cm³/mol. The molecule has 3 heteroatoms. The summed E-state index contributed by atoms with van der Waals surface area (Å²) in [5.41, 5.74) is 5.27. The summed E-state index contributed by atoms with van der Waals surface area (Å²) in [6.45, 7) is 6.67. The van der Waals surface area contributed by atoms with Crippen LogP contribution in [0.3, 0.4) is 0 Å². The molecule has 0 aliphatic carbocycles. The third-order valence-electron chi connectivity index (χ3n) is 5.24. The van der Waals surface area contributed by atoms with E-state index in [1.165, 1.54) is 9.96 Å². The van der Waals surface area contributed by atoms with E-state index in [1.807, 2.05) is 6.20 Å². The molecular formula is C24H27GeNO. The molecule has 4 rings (SSSR count). The molecule has 138 valence electrons. The first-order chi connectivity index (χ1) is 12.6. The van der Waals surface area contributed by atoms with Gasteiger partial charge in [-0.2, -0.15) is 0 Å². The second kappa shape index (κ2) is 6.23. The molecule has 0 unspecified atom stereocenters. The Morgan fingerprint density at radius 1 is 0.889 bits per heavy atom. The Hall–Kier alpha value is -2.07. The Balaban J connectivity index is 1.84. The summed E-state index contributed by atoms with van der Waals surface area (Å²) in [4.78, 5) is 4.74. The molecule has 0 bridgehead atoms. The Morgan fingerprint density at radius 2 is 1.59 bits per heavy atom. The van der Waals surface area contributed by atoms with Crippen molar-refractivity contribution < 1.29 is 4.42 Å². The summed E-state index contributed by atoms with van der Waals surface area (Å²) in [5.74, 6) is 7.25. The summed E-state index contributed by atoms with van der Waals surface area (Å²) in [6, 6.07) is 17.4. The number of pyridine rings is 1. The van der Waals surface area contributed by atoms with Gasteiger partial charge in [0.05, 0.1) is 0 Å². The monoisotopic (exact) mass is 419 g/mol. The normalized spacial score (nSPS) is 12.8. The van der Waals surface area contributed by atoms with Crippen LogP contribution in [0.25, 0.3) is 33.2 Å². The van der Waals surface area contributed by atoms with E-state index in [0.29, 0.717) is 0 Å². The quantitative estimate of drug-likeness (QED) is 0.348. The van der Waals surface area contributed by atoms with Gasteiger partial charge in [-0.25, -0.2) is 0 Å². The van der Waals surface area contributed by atoms with Gasteiger partial charge in [-0.05, 0) is 0 Å². The number of aromatic nitrogens is 1. The number of rotatable bonds is 2. The third kappa shape index (κ3) is 3.31. The van der Waals surface area contributed by atoms with Gasteiger partial charge in [0.25, 0.3) is 0 Å². The molecule has 0 atom stereocenters. The number of para-hydroxylation sites is 1. The van der Waals surface area contributed by atoms with Gasteiger partial charge in [0, 0.05) is 0 Å². The summed E-state index contributed by atoms with van der Waals surface area (Å²) < 4.78 is 7.83. The molecule has 2 aromatic carbocycles. The Kier molecular flexibility index (Phi) is 4.23. The zero-order valence-electron chi connectivity index (χ0n) is 17.1. The van der Waals surface area contributed by atoms with E-state index < -0.39 is 13.3 Å². The van der Waals surface area contributed by atoms with E-state index in [0.717, 1.165) is 33.2 Å². The van der Waals surface area contributed by atoms with Crippen LogP contribution in [-0.2, 0) is 5.41 Å². The number of fused-ring (bicyclic) bond motifs is 3. The standard InChI is InChI=1S/C24H27GeNO/c1-24(2,3)20-9-7-8-18-19-15-26-21(14-22(19)27-23(18)20)16-10-12-17(13-11-16)25(4,5)6/h7-15H,1-6H3. The van der Waals surface area contributed by atoms with E-state index in [2.05, 4.69) is 86.6 Å². The van der Waals surface area contributed by atoms with Gasteiger partial charge in [-0.3, -0.25) is 0 Å². The molecule has 2 nitrogen and oxygen atoms in total. The zero-order chi connectivity index (χ0) is 19.4. The molecule has 0 amide bonds. The van der Waals surface area contributed by atoms with Crippen molar-refractivity contribution in [1.82, 2.24) is 4.98 Å². The molecule has 0 radical (unpaired) electrons. The second-order valence-electron chi connectivity index (χ2n) is 9.43. The van der Waals surface area contributed by atoms with Crippen LogP contribution >= 0.6 is 0 Å². The summed E-state index contributed by atoms with van der Waals surface area (Å²) in [6.07, 6.45) is 1.96. The van der Waals surface area contributed by atoms with Crippen LogP contribution in [0, 0.1) is 0 Å². The van der Waals surface area contributed by atoms with Crippen molar-refractivity contribution in [2.75, 3.05) is 0 Å². The SMILES string of the molecule is CC(C)(C)c1cccc2c1oc1cc(-c3cc[c]([Ge]([CH3])([CH3])[CH3])cc3)ncc12. The first kappa shape index (κ1) is 18.3. The fraction of sp³-hybridized carbons (Fsp3) is 0.292. The topological polar surface area (TPSA) is 26.0 Å². The van der Waals surface area contributed by atoms with E-state index in [4.69, 9.17) is 9.40 Å². The van der Waals surface area contributed by atoms with Crippen LogP contribution in [0.5, 0.6) is 0 Å². The molecule has 0 saturated carbocycles. The fourth-order valence-corrected chi connectivity index (χ4v) is 6.03. The van der Waals surface area contributed by atoms with Gasteiger partial charge < -0.3 is 0 Å². The van der Waals surface area contributed by atoms with Crippen molar-refractivity contribution in [2.45, 2.75) is 43.5 Å². The molecule has 0 fully saturated rings. The van der Waals surface area contributed by atoms with Crippen molar-refractivity contribution in [3.63, 3.8) is 0 Å². The second-order valence-corrected chi connectivity index (χ2v) is 20.1. The fourth-order valence-electron chi connectivity index (χ4n) is 3.58. The van der Waals surface area contributed by atoms with Gasteiger partial charge in [0.1, 0.15) is 0 Å². The molecule has 2 aromatic heterocycles. The first-order valence-electron chi connectivity index (χ1n) is 9.57. The van der Waals surface area contributed by atoms with Crippen molar-refractivity contribution in [1.29, 1.82) is 0 Å². The van der Waals surface area contributed by atoms with Gasteiger partial charge in [-0.15, -0.1) is 0 Å². The maximum atomic E-state index is 6.32. The van der Waals surface area contributed by atoms with E-state index in [9.17, 15) is 0 Å². The van der Waals surface area contributed by atoms with Crippen LogP contribution in [-0.4, -0.2) is 18.3 Å². The Labute approximate surface area is 164 Å². The Bertz CT molecular complexity index is 1130. The number of hydrogen-bond acceptors (Lipinski definition) is 2. The molecule has 0 aliphatic rings. The van der Waals surface area contributed by atoms with Crippen molar-refractivity contribution >= 4 is 39.6 Å². The molecule has 0 spiro atoms. The number of furan rings is 1. The predicted octanol–water partition coefficient (Wildman–Crippen LogP) is 6.49. The van der Waals surface area contributed by atoms with Crippen LogP contribution in [0.15, 0.2) is 59.1 Å². The van der Waals surface area contributed by atoms with Crippen LogP contribution < -0.4 is 4.40 Å².